The van der Waals surface area contributed by atoms with Crippen LogP contribution in [0.5, 0.6) is 17.2 Å². The van der Waals surface area contributed by atoms with Crippen molar-refractivity contribution in [2.75, 3.05) is 27.1 Å². The van der Waals surface area contributed by atoms with Gasteiger partial charge in [-0.3, -0.25) is 0 Å². The van der Waals surface area contributed by atoms with E-state index in [-0.39, 0.29) is 22.4 Å². The molecule has 0 fully saturated rings. The Morgan fingerprint density at radius 3 is 1.97 bits per heavy atom. The van der Waals surface area contributed by atoms with Crippen LogP contribution in [0.4, 0.5) is 4.39 Å². The van der Waals surface area contributed by atoms with Crippen molar-refractivity contribution in [3.8, 4) is 17.2 Å². The number of thiol groups is 1. The average Bonchev–Trinajstić information content (AvgIpc) is 3.07. The predicted octanol–water partition coefficient (Wildman–Crippen LogP) is 6.47. The standard InChI is InChI=1S/C25H33FO3S/c1-24(2,3)17-11-16-9-10-30(23(16)14-21(17)28-7)15-25(4,5)18-12-19(26)22(29-8)13-20(18)27-6/h9-14,30H,15H2,1-8H3. The van der Waals surface area contributed by atoms with Gasteiger partial charge in [-0.05, 0) is 46.4 Å². The van der Waals surface area contributed by atoms with Gasteiger partial charge in [0.25, 0.3) is 0 Å². The lowest BCUT2D eigenvalue weighted by atomic mass is 9.85. The van der Waals surface area contributed by atoms with Crippen LogP contribution in [-0.4, -0.2) is 27.1 Å². The van der Waals surface area contributed by atoms with Crippen LogP contribution in [0, 0.1) is 5.82 Å². The lowest BCUT2D eigenvalue weighted by Crippen LogP contribution is -2.23. The molecule has 5 heteroatoms. The summed E-state index contributed by atoms with van der Waals surface area (Å²) in [6.45, 7) is 10.9. The molecule has 0 radical (unpaired) electrons. The number of rotatable bonds is 6. The molecular weight excluding hydrogens is 399 g/mol. The summed E-state index contributed by atoms with van der Waals surface area (Å²) in [5.41, 5.74) is 3.05. The molecule has 1 atom stereocenters. The third kappa shape index (κ3) is 4.18. The molecule has 3 rings (SSSR count). The topological polar surface area (TPSA) is 27.7 Å². The van der Waals surface area contributed by atoms with Gasteiger partial charge in [-0.2, -0.15) is 0 Å². The molecule has 1 aliphatic rings. The number of benzene rings is 2. The number of fused-ring (bicyclic) bond motifs is 1. The van der Waals surface area contributed by atoms with Gasteiger partial charge in [0.1, 0.15) is 11.5 Å². The van der Waals surface area contributed by atoms with E-state index in [9.17, 15) is 4.39 Å². The predicted molar refractivity (Wildman–Crippen MR) is 125 cm³/mol. The van der Waals surface area contributed by atoms with E-state index in [4.69, 9.17) is 14.2 Å². The van der Waals surface area contributed by atoms with Gasteiger partial charge in [-0.1, -0.05) is 34.6 Å². The lowest BCUT2D eigenvalue weighted by Gasteiger charge is -2.32. The molecule has 30 heavy (non-hydrogen) atoms. The van der Waals surface area contributed by atoms with E-state index in [1.165, 1.54) is 23.1 Å². The molecule has 2 aromatic rings. The third-order valence-corrected chi connectivity index (χ3v) is 8.32. The molecule has 1 unspecified atom stereocenters. The van der Waals surface area contributed by atoms with Gasteiger partial charge < -0.3 is 14.2 Å². The van der Waals surface area contributed by atoms with E-state index in [1.54, 1.807) is 26.4 Å². The summed E-state index contributed by atoms with van der Waals surface area (Å²) in [7, 11) is 4.26. The molecular formula is C25H33FO3S. The van der Waals surface area contributed by atoms with E-state index in [0.717, 1.165) is 17.1 Å². The van der Waals surface area contributed by atoms with E-state index in [1.807, 2.05) is 0 Å². The van der Waals surface area contributed by atoms with Crippen molar-refractivity contribution in [3.63, 3.8) is 0 Å². The summed E-state index contributed by atoms with van der Waals surface area (Å²) < 4.78 is 30.9. The largest absolute Gasteiger partial charge is 0.496 e. The second kappa shape index (κ2) is 8.18. The van der Waals surface area contributed by atoms with Crippen molar-refractivity contribution in [2.24, 2.45) is 0 Å². The fourth-order valence-corrected chi connectivity index (χ4v) is 6.56. The van der Waals surface area contributed by atoms with E-state index < -0.39 is 10.9 Å². The molecule has 0 spiro atoms. The monoisotopic (exact) mass is 432 g/mol. The third-order valence-electron chi connectivity index (χ3n) is 5.67. The molecule has 1 aliphatic heterocycles. The maximum atomic E-state index is 14.5. The fourth-order valence-electron chi connectivity index (χ4n) is 4.01. The fraction of sp³-hybridized carbons (Fsp3) is 0.440. The number of halogens is 1. The van der Waals surface area contributed by atoms with Gasteiger partial charge in [-0.15, -0.1) is 0 Å². The highest BCUT2D eigenvalue weighted by molar-refractivity contribution is 8.20. The van der Waals surface area contributed by atoms with Gasteiger partial charge in [-0.25, -0.2) is 15.3 Å². The van der Waals surface area contributed by atoms with E-state index in [2.05, 4.69) is 58.2 Å². The molecule has 0 aliphatic carbocycles. The summed E-state index contributed by atoms with van der Waals surface area (Å²) >= 11 is 0. The Morgan fingerprint density at radius 1 is 0.800 bits per heavy atom. The number of hydrogen-bond acceptors (Lipinski definition) is 3. The van der Waals surface area contributed by atoms with Crippen LogP contribution >= 0.6 is 10.9 Å². The second-order valence-corrected chi connectivity index (χ2v) is 11.4. The zero-order chi connectivity index (χ0) is 22.3. The zero-order valence-electron chi connectivity index (χ0n) is 19.2. The summed E-state index contributed by atoms with van der Waals surface area (Å²) in [6, 6.07) is 7.64. The van der Waals surface area contributed by atoms with Crippen molar-refractivity contribution in [1.29, 1.82) is 0 Å². The van der Waals surface area contributed by atoms with Gasteiger partial charge in [0, 0.05) is 27.5 Å². The van der Waals surface area contributed by atoms with Crippen LogP contribution in [-0.2, 0) is 10.8 Å². The van der Waals surface area contributed by atoms with Gasteiger partial charge in [0.05, 0.1) is 21.3 Å². The summed E-state index contributed by atoms with van der Waals surface area (Å²) in [4.78, 5) is 1.32. The van der Waals surface area contributed by atoms with Crippen molar-refractivity contribution < 1.29 is 18.6 Å². The van der Waals surface area contributed by atoms with Crippen molar-refractivity contribution in [2.45, 2.75) is 50.3 Å². The van der Waals surface area contributed by atoms with Gasteiger partial charge >= 0.3 is 0 Å². The summed E-state index contributed by atoms with van der Waals surface area (Å²) in [6.07, 6.45) is 2.22. The quantitative estimate of drug-likeness (QED) is 0.530. The maximum Gasteiger partial charge on any atom is 0.165 e. The van der Waals surface area contributed by atoms with Crippen LogP contribution < -0.4 is 14.2 Å². The molecule has 1 heterocycles. The first kappa shape index (κ1) is 22.5. The van der Waals surface area contributed by atoms with Crippen molar-refractivity contribution >= 4 is 17.0 Å². The Hall–Kier alpha value is -2.14. The van der Waals surface area contributed by atoms with Crippen LogP contribution in [0.25, 0.3) is 6.08 Å². The highest BCUT2D eigenvalue weighted by atomic mass is 32.2. The molecule has 0 bridgehead atoms. The number of ether oxygens (including phenoxy) is 3. The van der Waals surface area contributed by atoms with Crippen molar-refractivity contribution in [3.05, 3.63) is 52.2 Å². The molecule has 0 amide bonds. The van der Waals surface area contributed by atoms with Crippen LogP contribution in [0.1, 0.15) is 51.3 Å². The Kier molecular flexibility index (Phi) is 6.15. The van der Waals surface area contributed by atoms with Crippen LogP contribution in [0.3, 0.4) is 0 Å². The molecule has 0 N–H and O–H groups in total. The number of methoxy groups -OCH3 is 3. The molecule has 0 saturated carbocycles. The Morgan fingerprint density at radius 2 is 1.40 bits per heavy atom. The zero-order valence-corrected chi connectivity index (χ0v) is 20.1. The minimum absolute atomic E-state index is 0.00676. The van der Waals surface area contributed by atoms with E-state index in [0.29, 0.717) is 5.75 Å². The van der Waals surface area contributed by atoms with Gasteiger partial charge in [0.15, 0.2) is 11.6 Å². The molecule has 0 saturated heterocycles. The Bertz CT molecular complexity index is 973. The summed E-state index contributed by atoms with van der Waals surface area (Å²) in [5.74, 6) is 2.29. The highest BCUT2D eigenvalue weighted by Gasteiger charge is 2.31. The molecule has 164 valence electrons. The first-order chi connectivity index (χ1) is 14.0. The average molecular weight is 433 g/mol. The maximum absolute atomic E-state index is 14.5. The second-order valence-electron chi connectivity index (χ2n) is 9.38. The van der Waals surface area contributed by atoms with Crippen molar-refractivity contribution in [1.82, 2.24) is 0 Å². The van der Waals surface area contributed by atoms with Crippen LogP contribution in [0.2, 0.25) is 0 Å². The Balaban J connectivity index is 1.98. The Labute approximate surface area is 182 Å². The minimum Gasteiger partial charge on any atom is -0.496 e. The number of hydrogen-bond donors (Lipinski definition) is 1. The normalized spacial score (nSPS) is 17.0. The highest BCUT2D eigenvalue weighted by Crippen LogP contribution is 2.53. The van der Waals surface area contributed by atoms with Gasteiger partial charge in [0.2, 0.25) is 0 Å². The first-order valence-electron chi connectivity index (χ1n) is 10.1. The smallest absolute Gasteiger partial charge is 0.165 e. The minimum atomic E-state index is -0.551. The molecule has 0 aromatic heterocycles. The SMILES string of the molecule is COc1cc(OC)c(C(C)(C)C[SH]2C=Cc3cc(C(C)(C)C)c(OC)cc32)cc1F. The summed E-state index contributed by atoms with van der Waals surface area (Å²) in [5, 5.41) is 2.31. The molecule has 2 aromatic carbocycles. The van der Waals surface area contributed by atoms with E-state index >= 15 is 0 Å². The lowest BCUT2D eigenvalue weighted by molar-refractivity contribution is 0.366. The molecule has 3 nitrogen and oxygen atoms in total. The van der Waals surface area contributed by atoms with Crippen LogP contribution in [0.15, 0.2) is 34.6 Å². The first-order valence-corrected chi connectivity index (χ1v) is 11.7.